The van der Waals surface area contributed by atoms with E-state index in [-0.39, 0.29) is 45.4 Å². The van der Waals surface area contributed by atoms with Crippen LogP contribution in [0.2, 0.25) is 0 Å². The van der Waals surface area contributed by atoms with E-state index in [1.807, 2.05) is 0 Å². The van der Waals surface area contributed by atoms with Crippen LogP contribution in [0, 0.1) is 18.6 Å². The minimum absolute atomic E-state index is 0.0622. The first-order valence-corrected chi connectivity index (χ1v) is 16.1. The van der Waals surface area contributed by atoms with Gasteiger partial charge in [0, 0.05) is 23.3 Å². The van der Waals surface area contributed by atoms with Crippen LogP contribution in [-0.4, -0.2) is 42.5 Å². The highest BCUT2D eigenvalue weighted by Crippen LogP contribution is 2.45. The third-order valence-electron chi connectivity index (χ3n) is 8.35. The quantitative estimate of drug-likeness (QED) is 0.126. The van der Waals surface area contributed by atoms with Crippen LogP contribution < -0.4 is 15.6 Å². The Morgan fingerprint density at radius 1 is 1.00 bits per heavy atom. The van der Waals surface area contributed by atoms with Gasteiger partial charge in [0.1, 0.15) is 5.82 Å². The number of nitrogens with one attached hydrogen (secondary N) is 1. The van der Waals surface area contributed by atoms with Gasteiger partial charge in [-0.1, -0.05) is 48.5 Å². The van der Waals surface area contributed by atoms with Crippen LogP contribution in [0.4, 0.5) is 30.7 Å². The van der Waals surface area contributed by atoms with Gasteiger partial charge in [-0.3, -0.25) is 9.36 Å². The van der Waals surface area contributed by atoms with Gasteiger partial charge in [-0.2, -0.15) is 22.0 Å². The van der Waals surface area contributed by atoms with Crippen LogP contribution in [0.3, 0.4) is 0 Å². The van der Waals surface area contributed by atoms with Crippen LogP contribution in [0.1, 0.15) is 46.8 Å². The van der Waals surface area contributed by atoms with E-state index in [0.717, 1.165) is 30.0 Å². The lowest BCUT2D eigenvalue weighted by Gasteiger charge is -2.29. The van der Waals surface area contributed by atoms with Gasteiger partial charge in [0.2, 0.25) is 0 Å². The monoisotopic (exact) mass is 708 g/mol. The number of esters is 1. The van der Waals surface area contributed by atoms with Gasteiger partial charge in [-0.05, 0) is 48.7 Å². The van der Waals surface area contributed by atoms with E-state index >= 15 is 8.78 Å². The van der Waals surface area contributed by atoms with E-state index < -0.39 is 71.4 Å². The number of rotatable bonds is 11. The van der Waals surface area contributed by atoms with E-state index in [0.29, 0.717) is 5.56 Å². The number of pyridine rings is 1. The second kappa shape index (κ2) is 14.3. The average molecular weight is 709 g/mol. The lowest BCUT2D eigenvalue weighted by molar-refractivity contribution is -0.170. The van der Waals surface area contributed by atoms with Gasteiger partial charge in [0.15, 0.2) is 11.6 Å². The van der Waals surface area contributed by atoms with E-state index in [9.17, 15) is 31.5 Å². The summed E-state index contributed by atoms with van der Waals surface area (Å²) in [5.74, 6) is -7.87. The Labute approximate surface area is 281 Å². The standard InChI is InChI=1S/C35H31F7N2O4S/c1-4-48-33(46)34(38,39)18-43-30(20-10-6-5-7-11-20)26-17-49-32-22(16-23-24(35(40,41)42)13-9-14-25(23)36)19(2)28(31(45)44(26)32)21-12-8-15-27(47-3)29(21)37/h5-15,26,30,43H,4,16-18H2,1-3H3. The van der Waals surface area contributed by atoms with Crippen LogP contribution in [0.25, 0.3) is 11.1 Å². The number of ether oxygens (including phenoxy) is 2. The molecule has 2 atom stereocenters. The topological polar surface area (TPSA) is 69.6 Å². The van der Waals surface area contributed by atoms with Crippen molar-refractivity contribution in [3.05, 3.63) is 117 Å². The first-order valence-electron chi connectivity index (χ1n) is 15.1. The number of alkyl halides is 5. The molecule has 14 heteroatoms. The number of aromatic nitrogens is 1. The molecule has 260 valence electrons. The summed E-state index contributed by atoms with van der Waals surface area (Å²) in [5, 5.41) is 2.89. The molecule has 2 heterocycles. The summed E-state index contributed by atoms with van der Waals surface area (Å²) < 4.78 is 114. The molecule has 3 aromatic carbocycles. The zero-order valence-electron chi connectivity index (χ0n) is 26.5. The number of hydrogen-bond donors (Lipinski definition) is 1. The summed E-state index contributed by atoms with van der Waals surface area (Å²) in [5.41, 5.74) is -2.36. The number of thioether (sulfide) groups is 1. The summed E-state index contributed by atoms with van der Waals surface area (Å²) >= 11 is 1.08. The maximum absolute atomic E-state index is 15.8. The normalized spacial score (nSPS) is 15.2. The summed E-state index contributed by atoms with van der Waals surface area (Å²) in [6.07, 6.45) is -5.53. The highest BCUT2D eigenvalue weighted by molar-refractivity contribution is 7.99. The molecule has 0 amide bonds. The third kappa shape index (κ3) is 7.07. The van der Waals surface area contributed by atoms with Crippen molar-refractivity contribution in [1.82, 2.24) is 9.88 Å². The molecular weight excluding hydrogens is 677 g/mol. The molecule has 2 unspecified atom stereocenters. The Kier molecular flexibility index (Phi) is 10.5. The minimum atomic E-state index is -4.91. The summed E-state index contributed by atoms with van der Waals surface area (Å²) in [7, 11) is 1.22. The van der Waals surface area contributed by atoms with Crippen molar-refractivity contribution in [2.45, 2.75) is 49.5 Å². The number of carbonyl (C=O) groups excluding carboxylic acids is 1. The molecule has 0 spiro atoms. The van der Waals surface area contributed by atoms with Gasteiger partial charge in [-0.25, -0.2) is 13.6 Å². The van der Waals surface area contributed by atoms with Crippen molar-refractivity contribution in [3.63, 3.8) is 0 Å². The Morgan fingerprint density at radius 2 is 1.69 bits per heavy atom. The van der Waals surface area contributed by atoms with Crippen LogP contribution in [0.15, 0.2) is 76.6 Å². The predicted molar refractivity (Wildman–Crippen MR) is 170 cm³/mol. The molecule has 0 saturated carbocycles. The van der Waals surface area contributed by atoms with E-state index in [1.54, 1.807) is 30.3 Å². The molecule has 0 aliphatic carbocycles. The predicted octanol–water partition coefficient (Wildman–Crippen LogP) is 7.90. The van der Waals surface area contributed by atoms with Gasteiger partial charge >= 0.3 is 18.1 Å². The van der Waals surface area contributed by atoms with E-state index in [2.05, 4.69) is 10.1 Å². The number of hydrogen-bond acceptors (Lipinski definition) is 6. The van der Waals surface area contributed by atoms with Crippen molar-refractivity contribution >= 4 is 17.7 Å². The fourth-order valence-electron chi connectivity index (χ4n) is 6.02. The molecule has 0 fully saturated rings. The Hall–Kier alpha value is -4.30. The van der Waals surface area contributed by atoms with E-state index in [1.165, 1.54) is 43.7 Å². The molecule has 0 radical (unpaired) electrons. The Balaban J connectivity index is 1.75. The lowest BCUT2D eigenvalue weighted by Crippen LogP contribution is -2.45. The summed E-state index contributed by atoms with van der Waals surface area (Å²) in [4.78, 5) is 26.5. The lowest BCUT2D eigenvalue weighted by atomic mass is 9.91. The van der Waals surface area contributed by atoms with Crippen molar-refractivity contribution in [2.75, 3.05) is 26.0 Å². The first kappa shape index (κ1) is 36.0. The van der Waals surface area contributed by atoms with Gasteiger partial charge in [0.05, 0.1) is 48.5 Å². The molecule has 1 N–H and O–H groups in total. The zero-order valence-corrected chi connectivity index (χ0v) is 27.3. The molecule has 1 aliphatic heterocycles. The van der Waals surface area contributed by atoms with Crippen molar-refractivity contribution in [2.24, 2.45) is 0 Å². The molecule has 6 nitrogen and oxygen atoms in total. The van der Waals surface area contributed by atoms with Crippen LogP contribution in [-0.2, 0) is 22.1 Å². The third-order valence-corrected chi connectivity index (χ3v) is 9.58. The molecule has 4 aromatic rings. The molecule has 1 aliphatic rings. The van der Waals surface area contributed by atoms with Crippen molar-refractivity contribution in [3.8, 4) is 16.9 Å². The summed E-state index contributed by atoms with van der Waals surface area (Å²) in [6, 6.07) is 12.9. The number of fused-ring (bicyclic) bond motifs is 1. The smallest absolute Gasteiger partial charge is 0.416 e. The number of halogens is 7. The second-order valence-corrected chi connectivity index (χ2v) is 12.3. The van der Waals surface area contributed by atoms with Gasteiger partial charge in [0.25, 0.3) is 5.56 Å². The Morgan fingerprint density at radius 3 is 2.35 bits per heavy atom. The number of nitrogens with zero attached hydrogens (tertiary/aromatic N) is 1. The number of benzene rings is 3. The average Bonchev–Trinajstić information content (AvgIpc) is 3.49. The molecule has 49 heavy (non-hydrogen) atoms. The highest BCUT2D eigenvalue weighted by atomic mass is 32.2. The van der Waals surface area contributed by atoms with Crippen molar-refractivity contribution in [1.29, 1.82) is 0 Å². The van der Waals surface area contributed by atoms with Crippen LogP contribution >= 0.6 is 11.8 Å². The fraction of sp³-hybridized carbons (Fsp3) is 0.314. The fourth-order valence-corrected chi connectivity index (χ4v) is 7.45. The van der Waals surface area contributed by atoms with Gasteiger partial charge in [-0.15, -0.1) is 11.8 Å². The number of carbonyl (C=O) groups is 1. The van der Waals surface area contributed by atoms with Gasteiger partial charge < -0.3 is 14.8 Å². The molecule has 1 aromatic heterocycles. The second-order valence-electron chi connectivity index (χ2n) is 11.3. The summed E-state index contributed by atoms with van der Waals surface area (Å²) in [6.45, 7) is 1.38. The molecule has 0 saturated heterocycles. The Bertz CT molecular complexity index is 1920. The largest absolute Gasteiger partial charge is 0.494 e. The highest BCUT2D eigenvalue weighted by Gasteiger charge is 2.43. The molecular formula is C35H31F7N2O4S. The molecule has 0 bridgehead atoms. The maximum atomic E-state index is 15.8. The van der Waals surface area contributed by atoms with E-state index in [4.69, 9.17) is 4.74 Å². The first-order chi connectivity index (χ1) is 23.2. The zero-order chi connectivity index (χ0) is 35.7. The minimum Gasteiger partial charge on any atom is -0.494 e. The van der Waals surface area contributed by atoms with Crippen molar-refractivity contribution < 1.29 is 45.0 Å². The number of methoxy groups -OCH3 is 1. The molecule has 5 rings (SSSR count). The van der Waals surface area contributed by atoms with Crippen LogP contribution in [0.5, 0.6) is 5.75 Å². The maximum Gasteiger partial charge on any atom is 0.416 e. The SMILES string of the molecule is CCOC(=O)C(F)(F)CNC(c1ccccc1)C1CSc2c(Cc3c(F)cccc3C(F)(F)F)c(C)c(-c3cccc(OC)c3F)c(=O)n21.